The van der Waals surface area contributed by atoms with E-state index in [2.05, 4.69) is 42.1 Å². The van der Waals surface area contributed by atoms with Crippen LogP contribution in [-0.2, 0) is 11.4 Å². The third-order valence-electron chi connectivity index (χ3n) is 4.87. The molecule has 0 atom stereocenters. The number of nitriles is 1. The highest BCUT2D eigenvalue weighted by Crippen LogP contribution is 2.27. The maximum absolute atomic E-state index is 9.09. The van der Waals surface area contributed by atoms with Crippen molar-refractivity contribution < 1.29 is 4.84 Å². The first-order chi connectivity index (χ1) is 12.2. The summed E-state index contributed by atoms with van der Waals surface area (Å²) in [5.74, 6) is 0. The van der Waals surface area contributed by atoms with Crippen LogP contribution in [0.15, 0.2) is 41.6 Å². The Labute approximate surface area is 149 Å². The summed E-state index contributed by atoms with van der Waals surface area (Å²) in [6.07, 6.45) is 4.31. The average molecular weight is 333 g/mol. The molecular formula is C21H23N3O. The van der Waals surface area contributed by atoms with E-state index in [1.165, 1.54) is 29.7 Å². The molecule has 3 rings (SSSR count). The molecule has 0 amide bonds. The third-order valence-corrected chi connectivity index (χ3v) is 4.87. The quantitative estimate of drug-likeness (QED) is 0.604. The molecule has 1 saturated heterocycles. The van der Waals surface area contributed by atoms with Crippen LogP contribution in [0.3, 0.4) is 0 Å². The lowest BCUT2D eigenvalue weighted by molar-refractivity contribution is 0.132. The van der Waals surface area contributed by atoms with E-state index in [0.29, 0.717) is 12.2 Å². The summed E-state index contributed by atoms with van der Waals surface area (Å²) >= 11 is 0. The first kappa shape index (κ1) is 17.0. The fourth-order valence-electron chi connectivity index (χ4n) is 3.22. The van der Waals surface area contributed by atoms with Crippen LogP contribution in [0.4, 0.5) is 5.69 Å². The number of benzene rings is 2. The molecule has 0 aliphatic carbocycles. The van der Waals surface area contributed by atoms with E-state index >= 15 is 0 Å². The van der Waals surface area contributed by atoms with Crippen LogP contribution < -0.4 is 4.90 Å². The molecule has 25 heavy (non-hydrogen) atoms. The molecule has 128 valence electrons. The van der Waals surface area contributed by atoms with Gasteiger partial charge in [-0.2, -0.15) is 5.26 Å². The molecule has 2 aromatic carbocycles. The Morgan fingerprint density at radius 2 is 1.88 bits per heavy atom. The van der Waals surface area contributed by atoms with Gasteiger partial charge in [0, 0.05) is 24.3 Å². The van der Waals surface area contributed by atoms with Crippen molar-refractivity contribution in [1.82, 2.24) is 0 Å². The topological polar surface area (TPSA) is 48.6 Å². The zero-order valence-electron chi connectivity index (χ0n) is 14.8. The molecule has 1 aliphatic rings. The van der Waals surface area contributed by atoms with Crippen LogP contribution in [-0.4, -0.2) is 19.3 Å². The zero-order chi connectivity index (χ0) is 17.6. The van der Waals surface area contributed by atoms with E-state index in [1.54, 1.807) is 12.3 Å². The van der Waals surface area contributed by atoms with Crippen molar-refractivity contribution in [1.29, 1.82) is 5.26 Å². The molecule has 2 aromatic rings. The highest BCUT2D eigenvalue weighted by Gasteiger charge is 2.15. The Balaban J connectivity index is 1.67. The second kappa shape index (κ2) is 7.85. The normalized spacial score (nSPS) is 14.0. The lowest BCUT2D eigenvalue weighted by Gasteiger charge is -2.22. The van der Waals surface area contributed by atoms with E-state index in [1.807, 2.05) is 18.2 Å². The van der Waals surface area contributed by atoms with Crippen LogP contribution in [0.1, 0.15) is 40.7 Å². The first-order valence-corrected chi connectivity index (χ1v) is 8.69. The van der Waals surface area contributed by atoms with Gasteiger partial charge in [0.05, 0.1) is 17.8 Å². The Hall–Kier alpha value is -2.80. The molecule has 4 heteroatoms. The number of oxime groups is 1. The summed E-state index contributed by atoms with van der Waals surface area (Å²) in [6.45, 7) is 6.89. The second-order valence-electron chi connectivity index (χ2n) is 6.39. The van der Waals surface area contributed by atoms with Crippen molar-refractivity contribution >= 4 is 11.9 Å². The molecule has 0 saturated carbocycles. The van der Waals surface area contributed by atoms with Gasteiger partial charge in [-0.15, -0.1) is 0 Å². The Morgan fingerprint density at radius 1 is 1.12 bits per heavy atom. The van der Waals surface area contributed by atoms with Gasteiger partial charge in [-0.3, -0.25) is 0 Å². The predicted octanol–water partition coefficient (Wildman–Crippen LogP) is 4.33. The molecule has 1 fully saturated rings. The van der Waals surface area contributed by atoms with Gasteiger partial charge in [-0.25, -0.2) is 0 Å². The highest BCUT2D eigenvalue weighted by atomic mass is 16.6. The van der Waals surface area contributed by atoms with Crippen molar-refractivity contribution in [2.45, 2.75) is 33.3 Å². The van der Waals surface area contributed by atoms with Gasteiger partial charge in [0.15, 0.2) is 0 Å². The summed E-state index contributed by atoms with van der Waals surface area (Å²) in [7, 11) is 0. The van der Waals surface area contributed by atoms with Crippen LogP contribution in [0, 0.1) is 25.2 Å². The van der Waals surface area contributed by atoms with Crippen molar-refractivity contribution in [2.24, 2.45) is 5.16 Å². The lowest BCUT2D eigenvalue weighted by atomic mass is 10.0. The fourth-order valence-corrected chi connectivity index (χ4v) is 3.22. The maximum Gasteiger partial charge on any atom is 0.143 e. The Kier molecular flexibility index (Phi) is 5.35. The van der Waals surface area contributed by atoms with Crippen LogP contribution in [0.2, 0.25) is 0 Å². The summed E-state index contributed by atoms with van der Waals surface area (Å²) in [5.41, 5.74) is 6.40. The van der Waals surface area contributed by atoms with Crippen LogP contribution in [0.5, 0.6) is 0 Å². The zero-order valence-corrected chi connectivity index (χ0v) is 14.8. The summed E-state index contributed by atoms with van der Waals surface area (Å²) in [4.78, 5) is 7.86. The minimum atomic E-state index is 0.296. The van der Waals surface area contributed by atoms with Gasteiger partial charge in [-0.1, -0.05) is 29.4 Å². The summed E-state index contributed by atoms with van der Waals surface area (Å²) in [6, 6.07) is 13.9. The second-order valence-corrected chi connectivity index (χ2v) is 6.39. The largest absolute Gasteiger partial charge is 0.391 e. The van der Waals surface area contributed by atoms with Crippen molar-refractivity contribution in [3.63, 3.8) is 0 Å². The van der Waals surface area contributed by atoms with Crippen molar-refractivity contribution in [3.05, 3.63) is 64.2 Å². The first-order valence-electron chi connectivity index (χ1n) is 8.69. The number of nitrogens with zero attached hydrogens (tertiary/aromatic N) is 3. The molecule has 1 aliphatic heterocycles. The Morgan fingerprint density at radius 3 is 2.64 bits per heavy atom. The van der Waals surface area contributed by atoms with Crippen molar-refractivity contribution in [2.75, 3.05) is 18.0 Å². The molecule has 1 heterocycles. The molecule has 0 spiro atoms. The smallest absolute Gasteiger partial charge is 0.143 e. The maximum atomic E-state index is 9.09. The van der Waals surface area contributed by atoms with Gasteiger partial charge in [0.1, 0.15) is 6.61 Å². The highest BCUT2D eigenvalue weighted by molar-refractivity contribution is 5.83. The van der Waals surface area contributed by atoms with E-state index in [9.17, 15) is 0 Å². The molecule has 0 N–H and O–H groups in total. The molecule has 0 bridgehead atoms. The minimum Gasteiger partial charge on any atom is -0.391 e. The van der Waals surface area contributed by atoms with Gasteiger partial charge >= 0.3 is 0 Å². The van der Waals surface area contributed by atoms with E-state index in [0.717, 1.165) is 24.2 Å². The number of rotatable bonds is 5. The van der Waals surface area contributed by atoms with Crippen LogP contribution in [0.25, 0.3) is 0 Å². The molecule has 0 aromatic heterocycles. The monoisotopic (exact) mass is 333 g/mol. The average Bonchev–Trinajstić information content (AvgIpc) is 3.17. The summed E-state index contributed by atoms with van der Waals surface area (Å²) in [5, 5.41) is 13.2. The van der Waals surface area contributed by atoms with Gasteiger partial charge < -0.3 is 9.74 Å². The molecule has 0 radical (unpaired) electrons. The van der Waals surface area contributed by atoms with E-state index in [4.69, 9.17) is 10.1 Å². The van der Waals surface area contributed by atoms with E-state index in [-0.39, 0.29) is 0 Å². The third kappa shape index (κ3) is 3.83. The van der Waals surface area contributed by atoms with Gasteiger partial charge in [0.2, 0.25) is 0 Å². The molecule has 4 nitrogen and oxygen atoms in total. The standard InChI is InChI=1S/C21H23N3O/c1-16-17(2)21(24-11-5-6-12-24)10-9-19(16)14-23-25-15-20-8-4-3-7-18(20)13-22/h3-4,7-10,14H,5-6,11-12,15H2,1-2H3/b23-14-. The predicted molar refractivity (Wildman–Crippen MR) is 101 cm³/mol. The Bertz CT molecular complexity index is 814. The number of anilines is 1. The molecule has 0 unspecified atom stereocenters. The van der Waals surface area contributed by atoms with Crippen LogP contribution >= 0.6 is 0 Å². The molecular weight excluding hydrogens is 310 g/mol. The fraction of sp³-hybridized carbons (Fsp3) is 0.333. The van der Waals surface area contributed by atoms with Crippen molar-refractivity contribution in [3.8, 4) is 6.07 Å². The SMILES string of the molecule is Cc1c(/C=N\OCc2ccccc2C#N)ccc(N2CCCC2)c1C. The van der Waals surface area contributed by atoms with E-state index < -0.39 is 0 Å². The number of hydrogen-bond acceptors (Lipinski definition) is 4. The van der Waals surface area contributed by atoms with Gasteiger partial charge in [-0.05, 0) is 55.5 Å². The van der Waals surface area contributed by atoms with Gasteiger partial charge in [0.25, 0.3) is 0 Å². The number of hydrogen-bond donors (Lipinski definition) is 0. The summed E-state index contributed by atoms with van der Waals surface area (Å²) < 4.78 is 0. The lowest BCUT2D eigenvalue weighted by Crippen LogP contribution is -2.19. The minimum absolute atomic E-state index is 0.296.